The predicted molar refractivity (Wildman–Crippen MR) is 77.6 cm³/mol. The average Bonchev–Trinajstić information content (AvgIpc) is 2.46. The molecule has 0 spiro atoms. The molecule has 2 nitrogen and oxygen atoms in total. The fourth-order valence-electron chi connectivity index (χ4n) is 2.14. The van der Waals surface area contributed by atoms with Crippen LogP contribution in [-0.4, -0.2) is 11.3 Å². The van der Waals surface area contributed by atoms with Gasteiger partial charge in [0.25, 0.3) is 0 Å². The summed E-state index contributed by atoms with van der Waals surface area (Å²) in [7, 11) is 0. The van der Waals surface area contributed by atoms with Gasteiger partial charge in [-0.25, -0.2) is 0 Å². The van der Waals surface area contributed by atoms with Crippen molar-refractivity contribution in [2.75, 3.05) is 0 Å². The number of hydrogen-bond acceptors (Lipinski definition) is 2. The maximum absolute atomic E-state index is 10.7. The van der Waals surface area contributed by atoms with Crippen molar-refractivity contribution >= 4 is 28.8 Å². The number of aldehydes is 1. The molecule has 0 fully saturated rings. The van der Waals surface area contributed by atoms with Crippen LogP contribution in [0.2, 0.25) is 5.02 Å². The van der Waals surface area contributed by atoms with Crippen LogP contribution >= 0.6 is 11.6 Å². The summed E-state index contributed by atoms with van der Waals surface area (Å²) in [4.78, 5) is 15.2. The molecule has 0 N–H and O–H groups in total. The Morgan fingerprint density at radius 3 is 2.63 bits per heavy atom. The molecule has 0 atom stereocenters. The summed E-state index contributed by atoms with van der Waals surface area (Å²) in [6.07, 6.45) is 2.55. The molecule has 0 radical (unpaired) electrons. The largest absolute Gasteiger partial charge is 0.298 e. The van der Waals surface area contributed by atoms with Crippen molar-refractivity contribution in [3.05, 3.63) is 65.3 Å². The van der Waals surface area contributed by atoms with Crippen molar-refractivity contribution in [2.45, 2.75) is 0 Å². The van der Waals surface area contributed by atoms with Crippen molar-refractivity contribution in [2.24, 2.45) is 0 Å². The molecule has 1 aromatic heterocycles. The first-order valence-corrected chi connectivity index (χ1v) is 6.26. The summed E-state index contributed by atoms with van der Waals surface area (Å²) in [5.41, 5.74) is 3.34. The van der Waals surface area contributed by atoms with E-state index in [1.54, 1.807) is 18.3 Å². The number of carbonyl (C=O) groups is 1. The lowest BCUT2D eigenvalue weighted by molar-refractivity contribution is 0.112. The smallest absolute Gasteiger partial charge is 0.150 e. The summed E-state index contributed by atoms with van der Waals surface area (Å²) in [5.74, 6) is 0. The first-order chi connectivity index (χ1) is 9.29. The number of fused-ring (bicyclic) bond motifs is 1. The second kappa shape index (κ2) is 4.82. The molecule has 0 unspecified atom stereocenters. The Bertz CT molecular complexity index is 762. The second-order valence-electron chi connectivity index (χ2n) is 4.24. The van der Waals surface area contributed by atoms with E-state index < -0.39 is 0 Å². The van der Waals surface area contributed by atoms with Crippen molar-refractivity contribution in [1.29, 1.82) is 0 Å². The molecule has 0 aliphatic heterocycles. The molecular formula is C16H10ClNO. The van der Waals surface area contributed by atoms with Crippen LogP contribution < -0.4 is 0 Å². The van der Waals surface area contributed by atoms with Gasteiger partial charge < -0.3 is 0 Å². The highest BCUT2D eigenvalue weighted by Crippen LogP contribution is 2.32. The van der Waals surface area contributed by atoms with Crippen molar-refractivity contribution in [3.8, 4) is 11.1 Å². The number of hydrogen-bond donors (Lipinski definition) is 0. The molecule has 2 aromatic carbocycles. The van der Waals surface area contributed by atoms with Gasteiger partial charge in [0, 0.05) is 33.3 Å². The van der Waals surface area contributed by atoms with E-state index in [1.165, 1.54) is 0 Å². The van der Waals surface area contributed by atoms with E-state index in [1.807, 2.05) is 36.4 Å². The highest BCUT2D eigenvalue weighted by molar-refractivity contribution is 6.34. The van der Waals surface area contributed by atoms with Crippen LogP contribution in [0.25, 0.3) is 22.0 Å². The van der Waals surface area contributed by atoms with Crippen LogP contribution in [0.4, 0.5) is 0 Å². The maximum Gasteiger partial charge on any atom is 0.150 e. The summed E-state index contributed by atoms with van der Waals surface area (Å²) < 4.78 is 0. The monoisotopic (exact) mass is 267 g/mol. The van der Waals surface area contributed by atoms with Crippen molar-refractivity contribution < 1.29 is 4.79 Å². The van der Waals surface area contributed by atoms with Gasteiger partial charge in [-0.1, -0.05) is 48.0 Å². The molecule has 0 aliphatic rings. The van der Waals surface area contributed by atoms with Gasteiger partial charge in [-0.05, 0) is 12.1 Å². The number of rotatable bonds is 2. The Labute approximate surface area is 115 Å². The number of carbonyl (C=O) groups excluding carboxylic acids is 1. The molecule has 0 amide bonds. The van der Waals surface area contributed by atoms with Gasteiger partial charge in [0.1, 0.15) is 6.29 Å². The topological polar surface area (TPSA) is 30.0 Å². The summed E-state index contributed by atoms with van der Waals surface area (Å²) in [5, 5.41) is 1.62. The highest BCUT2D eigenvalue weighted by atomic mass is 35.5. The Hall–Kier alpha value is -2.19. The van der Waals surface area contributed by atoms with E-state index in [0.29, 0.717) is 10.6 Å². The third kappa shape index (κ3) is 2.11. The molecule has 0 saturated carbocycles. The van der Waals surface area contributed by atoms with Gasteiger partial charge in [0.15, 0.2) is 0 Å². The zero-order valence-corrected chi connectivity index (χ0v) is 10.8. The van der Waals surface area contributed by atoms with E-state index in [-0.39, 0.29) is 0 Å². The molecule has 1 heterocycles. The molecule has 19 heavy (non-hydrogen) atoms. The van der Waals surface area contributed by atoms with E-state index in [9.17, 15) is 4.79 Å². The number of nitrogens with zero attached hydrogens (tertiary/aromatic N) is 1. The lowest BCUT2D eigenvalue weighted by Crippen LogP contribution is -1.87. The first-order valence-electron chi connectivity index (χ1n) is 5.88. The minimum absolute atomic E-state index is 0.558. The fourth-order valence-corrected chi connectivity index (χ4v) is 2.44. The Balaban J connectivity index is 2.27. The number of para-hydroxylation sites is 1. The maximum atomic E-state index is 10.7. The fraction of sp³-hybridized carbons (Fsp3) is 0. The lowest BCUT2D eigenvalue weighted by Gasteiger charge is -2.08. The van der Waals surface area contributed by atoms with Crippen LogP contribution in [0, 0.1) is 0 Å². The summed E-state index contributed by atoms with van der Waals surface area (Å²) >= 11 is 6.26. The Kier molecular flexibility index (Phi) is 3.02. The van der Waals surface area contributed by atoms with Gasteiger partial charge >= 0.3 is 0 Å². The molecule has 3 rings (SSSR count). The van der Waals surface area contributed by atoms with Gasteiger partial charge in [0.2, 0.25) is 0 Å². The van der Waals surface area contributed by atoms with Crippen LogP contribution in [-0.2, 0) is 0 Å². The SMILES string of the molecule is O=Cc1ccc(-c2cccc3cccnc23)c(Cl)c1. The molecule has 0 bridgehead atoms. The minimum atomic E-state index is 0.558. The second-order valence-corrected chi connectivity index (χ2v) is 4.65. The van der Waals surface area contributed by atoms with Crippen LogP contribution in [0.3, 0.4) is 0 Å². The molecule has 3 heteroatoms. The van der Waals surface area contributed by atoms with Gasteiger partial charge in [-0.15, -0.1) is 0 Å². The standard InChI is InChI=1S/C16H10ClNO/c17-15-9-11(10-19)6-7-13(15)14-5-1-3-12-4-2-8-18-16(12)14/h1-10H. The zero-order valence-electron chi connectivity index (χ0n) is 10.0. The minimum Gasteiger partial charge on any atom is -0.298 e. The molecule has 3 aromatic rings. The van der Waals surface area contributed by atoms with Crippen LogP contribution in [0.5, 0.6) is 0 Å². The van der Waals surface area contributed by atoms with E-state index in [2.05, 4.69) is 4.98 Å². The van der Waals surface area contributed by atoms with Crippen LogP contribution in [0.15, 0.2) is 54.7 Å². The Morgan fingerprint density at radius 1 is 1.00 bits per heavy atom. The third-order valence-electron chi connectivity index (χ3n) is 3.05. The molecule has 0 aliphatic carbocycles. The Morgan fingerprint density at radius 2 is 1.84 bits per heavy atom. The van der Waals surface area contributed by atoms with Gasteiger partial charge in [-0.3, -0.25) is 9.78 Å². The van der Waals surface area contributed by atoms with E-state index in [0.717, 1.165) is 28.3 Å². The third-order valence-corrected chi connectivity index (χ3v) is 3.36. The van der Waals surface area contributed by atoms with E-state index >= 15 is 0 Å². The number of halogens is 1. The zero-order chi connectivity index (χ0) is 13.2. The molecule has 92 valence electrons. The van der Waals surface area contributed by atoms with E-state index in [4.69, 9.17) is 11.6 Å². The number of aromatic nitrogens is 1. The van der Waals surface area contributed by atoms with Crippen molar-refractivity contribution in [1.82, 2.24) is 4.98 Å². The normalized spacial score (nSPS) is 10.6. The molecular weight excluding hydrogens is 258 g/mol. The highest BCUT2D eigenvalue weighted by Gasteiger charge is 2.08. The predicted octanol–water partition coefficient (Wildman–Crippen LogP) is 4.37. The first kappa shape index (κ1) is 11.9. The molecule has 0 saturated heterocycles. The number of pyridine rings is 1. The number of benzene rings is 2. The summed E-state index contributed by atoms with van der Waals surface area (Å²) in [6, 6.07) is 15.2. The average molecular weight is 268 g/mol. The lowest BCUT2D eigenvalue weighted by atomic mass is 10.0. The van der Waals surface area contributed by atoms with Crippen LogP contribution in [0.1, 0.15) is 10.4 Å². The van der Waals surface area contributed by atoms with Gasteiger partial charge in [-0.2, -0.15) is 0 Å². The summed E-state index contributed by atoms with van der Waals surface area (Å²) in [6.45, 7) is 0. The van der Waals surface area contributed by atoms with Crippen molar-refractivity contribution in [3.63, 3.8) is 0 Å². The quantitative estimate of drug-likeness (QED) is 0.646. The van der Waals surface area contributed by atoms with Gasteiger partial charge in [0.05, 0.1) is 5.52 Å².